The van der Waals surface area contributed by atoms with Gasteiger partial charge >= 0.3 is 0 Å². The summed E-state index contributed by atoms with van der Waals surface area (Å²) >= 11 is 0. The molecule has 0 saturated heterocycles. The minimum atomic E-state index is -0.399. The number of furan rings is 1. The van der Waals surface area contributed by atoms with Gasteiger partial charge in [0.2, 0.25) is 5.91 Å². The molecule has 0 saturated carbocycles. The third-order valence-corrected chi connectivity index (χ3v) is 3.34. The average molecular weight is 260 g/mol. The molecule has 0 aliphatic heterocycles. The number of primary amides is 1. The van der Waals surface area contributed by atoms with Crippen molar-refractivity contribution in [2.24, 2.45) is 5.73 Å². The first kappa shape index (κ1) is 11.8. The van der Waals surface area contributed by atoms with Crippen molar-refractivity contribution < 1.29 is 9.21 Å². The Morgan fingerprint density at radius 3 is 3.37 bits per heavy atom. The van der Waals surface area contributed by atoms with Crippen LogP contribution in [0.15, 0.2) is 29.1 Å². The van der Waals surface area contributed by atoms with Crippen molar-refractivity contribution in [1.29, 1.82) is 0 Å². The molecule has 0 spiro atoms. The minimum Gasteiger partial charge on any atom is -0.469 e. The largest absolute Gasteiger partial charge is 0.469 e. The Labute approximate surface area is 110 Å². The second-order valence-electron chi connectivity index (χ2n) is 4.78. The van der Waals surface area contributed by atoms with Gasteiger partial charge in [0.05, 0.1) is 24.2 Å². The molecule has 1 amide bonds. The SMILES string of the molecule is NC(=O)Cn1cc(NC2CCCc3occc32)cn1. The Morgan fingerprint density at radius 2 is 2.53 bits per heavy atom. The Hall–Kier alpha value is -2.24. The van der Waals surface area contributed by atoms with E-state index in [0.717, 1.165) is 30.7 Å². The summed E-state index contributed by atoms with van der Waals surface area (Å²) in [6.45, 7) is 0.101. The van der Waals surface area contributed by atoms with Crippen LogP contribution in [0.2, 0.25) is 0 Å². The zero-order chi connectivity index (χ0) is 13.2. The Kier molecular flexibility index (Phi) is 2.98. The molecule has 6 nitrogen and oxygen atoms in total. The zero-order valence-electron chi connectivity index (χ0n) is 10.5. The number of nitrogens with two attached hydrogens (primary N) is 1. The normalized spacial score (nSPS) is 18.0. The number of amides is 1. The summed E-state index contributed by atoms with van der Waals surface area (Å²) in [6, 6.07) is 2.26. The van der Waals surface area contributed by atoms with Crippen LogP contribution in [0.4, 0.5) is 5.69 Å². The summed E-state index contributed by atoms with van der Waals surface area (Å²) in [5.41, 5.74) is 7.24. The van der Waals surface area contributed by atoms with Crippen LogP contribution in [0.3, 0.4) is 0 Å². The van der Waals surface area contributed by atoms with Crippen LogP contribution in [0.1, 0.15) is 30.2 Å². The van der Waals surface area contributed by atoms with Crippen molar-refractivity contribution in [3.8, 4) is 0 Å². The third kappa shape index (κ3) is 2.47. The third-order valence-electron chi connectivity index (χ3n) is 3.34. The Balaban J connectivity index is 1.72. The first-order chi connectivity index (χ1) is 9.22. The highest BCUT2D eigenvalue weighted by Gasteiger charge is 2.22. The molecule has 6 heteroatoms. The molecule has 1 aliphatic rings. The molecule has 0 radical (unpaired) electrons. The maximum Gasteiger partial charge on any atom is 0.239 e. The number of aromatic nitrogens is 2. The van der Waals surface area contributed by atoms with Crippen LogP contribution in [-0.2, 0) is 17.8 Å². The van der Waals surface area contributed by atoms with Crippen molar-refractivity contribution in [1.82, 2.24) is 9.78 Å². The van der Waals surface area contributed by atoms with E-state index in [9.17, 15) is 4.79 Å². The van der Waals surface area contributed by atoms with Gasteiger partial charge in [-0.05, 0) is 18.9 Å². The van der Waals surface area contributed by atoms with E-state index in [1.165, 1.54) is 10.2 Å². The fourth-order valence-corrected chi connectivity index (χ4v) is 2.52. The summed E-state index contributed by atoms with van der Waals surface area (Å²) in [6.07, 6.45) is 8.40. The molecule has 0 aromatic carbocycles. The fourth-order valence-electron chi connectivity index (χ4n) is 2.52. The zero-order valence-corrected chi connectivity index (χ0v) is 10.5. The van der Waals surface area contributed by atoms with Crippen molar-refractivity contribution in [2.75, 3.05) is 5.32 Å². The maximum absolute atomic E-state index is 10.8. The predicted octanol–water partition coefficient (Wildman–Crippen LogP) is 1.45. The van der Waals surface area contributed by atoms with Crippen LogP contribution >= 0.6 is 0 Å². The van der Waals surface area contributed by atoms with Gasteiger partial charge < -0.3 is 15.5 Å². The average Bonchev–Trinajstić information content (AvgIpc) is 2.98. The number of anilines is 1. The first-order valence-electron chi connectivity index (χ1n) is 6.36. The molecule has 2 heterocycles. The van der Waals surface area contributed by atoms with Gasteiger partial charge in [0.1, 0.15) is 12.3 Å². The number of aryl methyl sites for hydroxylation is 1. The lowest BCUT2D eigenvalue weighted by Crippen LogP contribution is -2.19. The van der Waals surface area contributed by atoms with Crippen LogP contribution < -0.4 is 11.1 Å². The summed E-state index contributed by atoms with van der Waals surface area (Å²) in [4.78, 5) is 10.8. The standard InChI is InChI=1S/C13H16N4O2/c14-13(18)8-17-7-9(6-15-17)16-11-2-1-3-12-10(11)4-5-19-12/h4-7,11,16H,1-3,8H2,(H2,14,18). The first-order valence-corrected chi connectivity index (χ1v) is 6.36. The molecule has 100 valence electrons. The van der Waals surface area contributed by atoms with Gasteiger partial charge in [0, 0.05) is 18.2 Å². The van der Waals surface area contributed by atoms with E-state index in [0.29, 0.717) is 0 Å². The van der Waals surface area contributed by atoms with Crippen LogP contribution in [-0.4, -0.2) is 15.7 Å². The second-order valence-corrected chi connectivity index (χ2v) is 4.78. The van der Waals surface area contributed by atoms with Crippen molar-refractivity contribution in [3.63, 3.8) is 0 Å². The number of rotatable bonds is 4. The topological polar surface area (TPSA) is 86.1 Å². The molecule has 1 unspecified atom stereocenters. The van der Waals surface area contributed by atoms with Gasteiger partial charge in [-0.3, -0.25) is 9.48 Å². The van der Waals surface area contributed by atoms with Crippen molar-refractivity contribution >= 4 is 11.6 Å². The van der Waals surface area contributed by atoms with Gasteiger partial charge in [0.15, 0.2) is 0 Å². The lowest BCUT2D eigenvalue weighted by Gasteiger charge is -2.22. The van der Waals surface area contributed by atoms with Crippen LogP contribution in [0, 0.1) is 0 Å². The molecule has 0 fully saturated rings. The highest BCUT2D eigenvalue weighted by molar-refractivity contribution is 5.73. The summed E-state index contributed by atoms with van der Waals surface area (Å²) in [5.74, 6) is 0.665. The predicted molar refractivity (Wildman–Crippen MR) is 69.4 cm³/mol. The number of hydrogen-bond donors (Lipinski definition) is 2. The van der Waals surface area contributed by atoms with E-state index in [4.69, 9.17) is 10.2 Å². The molecule has 3 rings (SSSR count). The van der Waals surface area contributed by atoms with Gasteiger partial charge in [-0.2, -0.15) is 5.10 Å². The monoisotopic (exact) mass is 260 g/mol. The van der Waals surface area contributed by atoms with Crippen molar-refractivity contribution in [3.05, 3.63) is 36.0 Å². The number of carbonyl (C=O) groups excluding carboxylic acids is 1. The van der Waals surface area contributed by atoms with Gasteiger partial charge in [-0.1, -0.05) is 0 Å². The summed E-state index contributed by atoms with van der Waals surface area (Å²) in [5, 5.41) is 7.52. The number of hydrogen-bond acceptors (Lipinski definition) is 4. The van der Waals surface area contributed by atoms with E-state index in [1.807, 2.05) is 6.07 Å². The highest BCUT2D eigenvalue weighted by atomic mass is 16.3. The second kappa shape index (κ2) is 4.79. The van der Waals surface area contributed by atoms with Gasteiger partial charge in [-0.25, -0.2) is 0 Å². The lowest BCUT2D eigenvalue weighted by atomic mass is 9.93. The maximum atomic E-state index is 10.8. The van der Waals surface area contributed by atoms with E-state index < -0.39 is 5.91 Å². The number of fused-ring (bicyclic) bond motifs is 1. The molecule has 2 aromatic rings. The summed E-state index contributed by atoms with van der Waals surface area (Å²) in [7, 11) is 0. The quantitative estimate of drug-likeness (QED) is 0.871. The van der Waals surface area contributed by atoms with Crippen molar-refractivity contribution in [2.45, 2.75) is 31.8 Å². The lowest BCUT2D eigenvalue weighted by molar-refractivity contribution is -0.118. The molecular formula is C13H16N4O2. The van der Waals surface area contributed by atoms with Gasteiger partial charge in [0.25, 0.3) is 0 Å². The Bertz CT molecular complexity index is 587. The molecule has 19 heavy (non-hydrogen) atoms. The molecular weight excluding hydrogens is 244 g/mol. The highest BCUT2D eigenvalue weighted by Crippen LogP contribution is 2.32. The smallest absolute Gasteiger partial charge is 0.239 e. The summed E-state index contributed by atoms with van der Waals surface area (Å²) < 4.78 is 6.99. The van der Waals surface area contributed by atoms with Gasteiger partial charge in [-0.15, -0.1) is 0 Å². The number of nitrogens with zero attached hydrogens (tertiary/aromatic N) is 2. The molecule has 0 bridgehead atoms. The van der Waals surface area contributed by atoms with E-state index >= 15 is 0 Å². The molecule has 1 atom stereocenters. The van der Waals surface area contributed by atoms with E-state index in [-0.39, 0.29) is 12.6 Å². The molecule has 2 aromatic heterocycles. The Morgan fingerprint density at radius 1 is 1.63 bits per heavy atom. The van der Waals surface area contributed by atoms with Crippen LogP contribution in [0.5, 0.6) is 0 Å². The fraction of sp³-hybridized carbons (Fsp3) is 0.385. The molecule has 1 aliphatic carbocycles. The van der Waals surface area contributed by atoms with E-state index in [1.54, 1.807) is 18.7 Å². The molecule has 3 N–H and O–H groups in total. The number of nitrogens with one attached hydrogen (secondary N) is 1. The van der Waals surface area contributed by atoms with E-state index in [2.05, 4.69) is 10.4 Å². The number of carbonyl (C=O) groups is 1. The minimum absolute atomic E-state index is 0.101. The van der Waals surface area contributed by atoms with Crippen LogP contribution in [0.25, 0.3) is 0 Å².